The van der Waals surface area contributed by atoms with Crippen LogP contribution >= 0.6 is 0 Å². The zero-order valence-electron chi connectivity index (χ0n) is 16.2. The van der Waals surface area contributed by atoms with E-state index in [1.807, 2.05) is 0 Å². The summed E-state index contributed by atoms with van der Waals surface area (Å²) in [5.74, 6) is 0. The van der Waals surface area contributed by atoms with Crippen molar-refractivity contribution in [2.24, 2.45) is 0 Å². The molecule has 2 aromatic carbocycles. The summed E-state index contributed by atoms with van der Waals surface area (Å²) in [7, 11) is -1.82. The topological polar surface area (TPSA) is 18.5 Å². The Balaban J connectivity index is 2.10. The maximum absolute atomic E-state index is 7.15. The summed E-state index contributed by atoms with van der Waals surface area (Å²) in [4.78, 5) is 0. The van der Waals surface area contributed by atoms with Crippen molar-refractivity contribution in [3.05, 3.63) is 77.4 Å². The van der Waals surface area contributed by atoms with E-state index in [1.165, 1.54) is 16.7 Å². The number of benzene rings is 2. The predicted octanol–water partition coefficient (Wildman–Crippen LogP) is 6.02. The smallest absolute Gasteiger partial charge is 0.193 e. The van der Waals surface area contributed by atoms with Crippen LogP contribution in [-0.2, 0) is 14.8 Å². The Morgan fingerprint density at radius 3 is 2.08 bits per heavy atom. The molecule has 1 heterocycles. The molecule has 0 aromatic heterocycles. The molecule has 1 aliphatic heterocycles. The SMILES string of the molecule is CC[Si](CC)(CC)O[C@]1(c2ccccc2)COC/C1=C\c1ccccc1. The summed E-state index contributed by atoms with van der Waals surface area (Å²) in [5.41, 5.74) is 3.20. The molecule has 138 valence electrons. The zero-order valence-corrected chi connectivity index (χ0v) is 17.2. The molecule has 3 heteroatoms. The van der Waals surface area contributed by atoms with E-state index in [9.17, 15) is 0 Å². The Kier molecular flexibility index (Phi) is 6.12. The Hall–Kier alpha value is -1.68. The molecule has 1 aliphatic rings. The summed E-state index contributed by atoms with van der Waals surface area (Å²) in [5, 5.41) is 0. The van der Waals surface area contributed by atoms with Gasteiger partial charge in [0.15, 0.2) is 8.32 Å². The highest BCUT2D eigenvalue weighted by Gasteiger charge is 2.47. The van der Waals surface area contributed by atoms with Gasteiger partial charge in [-0.1, -0.05) is 87.5 Å². The minimum atomic E-state index is -1.82. The first-order valence-corrected chi connectivity index (χ1v) is 12.3. The highest BCUT2D eigenvalue weighted by molar-refractivity contribution is 6.73. The first kappa shape index (κ1) is 19.1. The van der Waals surface area contributed by atoms with Gasteiger partial charge in [0.2, 0.25) is 0 Å². The average molecular weight is 367 g/mol. The summed E-state index contributed by atoms with van der Waals surface area (Å²) in [6, 6.07) is 24.5. The van der Waals surface area contributed by atoms with Crippen molar-refractivity contribution in [1.29, 1.82) is 0 Å². The second kappa shape index (κ2) is 8.34. The van der Waals surface area contributed by atoms with Crippen LogP contribution in [0.4, 0.5) is 0 Å². The molecule has 0 amide bonds. The Bertz CT molecular complexity index is 714. The van der Waals surface area contributed by atoms with Gasteiger partial charge in [-0.25, -0.2) is 0 Å². The van der Waals surface area contributed by atoms with Crippen LogP contribution in [-0.4, -0.2) is 21.5 Å². The summed E-state index contributed by atoms with van der Waals surface area (Å²) >= 11 is 0. The van der Waals surface area contributed by atoms with Crippen LogP contribution in [0.5, 0.6) is 0 Å². The second-order valence-corrected chi connectivity index (χ2v) is 11.8. The zero-order chi connectivity index (χ0) is 18.5. The van der Waals surface area contributed by atoms with Gasteiger partial charge in [0, 0.05) is 0 Å². The lowest BCUT2D eigenvalue weighted by Gasteiger charge is -2.41. The van der Waals surface area contributed by atoms with Crippen LogP contribution in [0.2, 0.25) is 18.1 Å². The third-order valence-corrected chi connectivity index (χ3v) is 10.4. The second-order valence-electron chi connectivity index (χ2n) is 7.11. The van der Waals surface area contributed by atoms with Crippen LogP contribution in [0.1, 0.15) is 31.9 Å². The molecule has 0 bridgehead atoms. The monoisotopic (exact) mass is 366 g/mol. The number of hydrogen-bond donors (Lipinski definition) is 0. The van der Waals surface area contributed by atoms with Gasteiger partial charge in [-0.05, 0) is 34.8 Å². The minimum Gasteiger partial charge on any atom is -0.401 e. The van der Waals surface area contributed by atoms with E-state index in [2.05, 4.69) is 87.5 Å². The fourth-order valence-corrected chi connectivity index (χ4v) is 6.87. The largest absolute Gasteiger partial charge is 0.401 e. The fraction of sp³-hybridized carbons (Fsp3) is 0.391. The highest BCUT2D eigenvalue weighted by atomic mass is 28.4. The van der Waals surface area contributed by atoms with Gasteiger partial charge >= 0.3 is 0 Å². The van der Waals surface area contributed by atoms with Gasteiger partial charge in [0.05, 0.1) is 13.2 Å². The van der Waals surface area contributed by atoms with Gasteiger partial charge in [-0.15, -0.1) is 0 Å². The third-order valence-electron chi connectivity index (χ3n) is 5.79. The lowest BCUT2D eigenvalue weighted by atomic mass is 9.87. The third kappa shape index (κ3) is 3.71. The van der Waals surface area contributed by atoms with Crippen LogP contribution in [0.3, 0.4) is 0 Å². The fourth-order valence-electron chi connectivity index (χ4n) is 3.89. The Morgan fingerprint density at radius 1 is 0.923 bits per heavy atom. The van der Waals surface area contributed by atoms with Gasteiger partial charge in [0.25, 0.3) is 0 Å². The van der Waals surface area contributed by atoms with Crippen molar-refractivity contribution >= 4 is 14.4 Å². The first-order valence-electron chi connectivity index (χ1n) is 9.77. The maximum Gasteiger partial charge on any atom is 0.193 e. The highest BCUT2D eigenvalue weighted by Crippen LogP contribution is 2.44. The van der Waals surface area contributed by atoms with E-state index in [-0.39, 0.29) is 0 Å². The average Bonchev–Trinajstić information content (AvgIpc) is 3.11. The van der Waals surface area contributed by atoms with E-state index in [4.69, 9.17) is 9.16 Å². The van der Waals surface area contributed by atoms with Crippen molar-refractivity contribution in [1.82, 2.24) is 0 Å². The number of rotatable bonds is 7. The molecule has 0 aliphatic carbocycles. The van der Waals surface area contributed by atoms with E-state index in [0.717, 1.165) is 18.1 Å². The van der Waals surface area contributed by atoms with E-state index in [0.29, 0.717) is 13.2 Å². The number of hydrogen-bond acceptors (Lipinski definition) is 2. The van der Waals surface area contributed by atoms with Crippen molar-refractivity contribution in [3.63, 3.8) is 0 Å². The molecule has 0 N–H and O–H groups in total. The van der Waals surface area contributed by atoms with Crippen molar-refractivity contribution < 1.29 is 9.16 Å². The number of ether oxygens (including phenoxy) is 1. The summed E-state index contributed by atoms with van der Waals surface area (Å²) in [6.07, 6.45) is 2.26. The Labute approximate surface area is 159 Å². The van der Waals surface area contributed by atoms with Crippen LogP contribution in [0.25, 0.3) is 6.08 Å². The van der Waals surface area contributed by atoms with Crippen molar-refractivity contribution in [3.8, 4) is 0 Å². The molecule has 2 nitrogen and oxygen atoms in total. The van der Waals surface area contributed by atoms with Gasteiger partial charge in [0.1, 0.15) is 5.60 Å². The molecule has 3 rings (SSSR count). The lowest BCUT2D eigenvalue weighted by molar-refractivity contribution is 0.0521. The van der Waals surface area contributed by atoms with Crippen LogP contribution < -0.4 is 0 Å². The summed E-state index contributed by atoms with van der Waals surface area (Å²) < 4.78 is 13.2. The van der Waals surface area contributed by atoms with Crippen LogP contribution in [0.15, 0.2) is 66.2 Å². The molecule has 0 saturated carbocycles. The summed E-state index contributed by atoms with van der Waals surface area (Å²) in [6.45, 7) is 8.09. The van der Waals surface area contributed by atoms with Crippen molar-refractivity contribution in [2.75, 3.05) is 13.2 Å². The standard InChI is InChI=1S/C23H30O2Si/c1-4-26(5-2,6-3)25-23(21-15-11-8-12-16-21)19-24-18-22(23)17-20-13-9-7-10-14-20/h7-17H,4-6,18-19H2,1-3H3/b22-17+/t23-/m0/s1. The molecule has 26 heavy (non-hydrogen) atoms. The molecular formula is C23H30O2Si. The molecule has 0 spiro atoms. The van der Waals surface area contributed by atoms with E-state index in [1.54, 1.807) is 0 Å². The molecule has 1 atom stereocenters. The Morgan fingerprint density at radius 2 is 1.50 bits per heavy atom. The molecule has 1 saturated heterocycles. The van der Waals surface area contributed by atoms with Gasteiger partial charge in [-0.3, -0.25) is 0 Å². The quantitative estimate of drug-likeness (QED) is 0.558. The lowest BCUT2D eigenvalue weighted by Crippen LogP contribution is -2.47. The van der Waals surface area contributed by atoms with Gasteiger partial charge < -0.3 is 9.16 Å². The molecule has 2 aromatic rings. The molecule has 0 unspecified atom stereocenters. The maximum atomic E-state index is 7.15. The first-order chi connectivity index (χ1) is 12.7. The minimum absolute atomic E-state index is 0.453. The normalized spacial score (nSPS) is 22.0. The molecular weight excluding hydrogens is 336 g/mol. The van der Waals surface area contributed by atoms with E-state index >= 15 is 0 Å². The van der Waals surface area contributed by atoms with E-state index < -0.39 is 13.9 Å². The predicted molar refractivity (Wildman–Crippen MR) is 112 cm³/mol. The van der Waals surface area contributed by atoms with Crippen molar-refractivity contribution in [2.45, 2.75) is 44.5 Å². The van der Waals surface area contributed by atoms with Gasteiger partial charge in [-0.2, -0.15) is 0 Å². The van der Waals surface area contributed by atoms with Crippen LogP contribution in [0, 0.1) is 0 Å². The molecule has 0 radical (unpaired) electrons. The molecule has 1 fully saturated rings.